The first-order chi connectivity index (χ1) is 14.1. The standard InChI is InChI=1S/C22H23FN2O4/c1-28-18-9-6-17(7-10-18)8-11-22(27)29-16-21(26)25-14-12-24(13-15-25)20-5-3-2-4-19(20)23/h2-11H,12-16H2,1H3/b11-8+. The second-order valence-electron chi connectivity index (χ2n) is 6.53. The van der Waals surface area contributed by atoms with Crippen molar-refractivity contribution in [1.82, 2.24) is 4.90 Å². The normalized spacial score (nSPS) is 14.1. The monoisotopic (exact) mass is 398 g/mol. The van der Waals surface area contributed by atoms with Crippen molar-refractivity contribution in [2.24, 2.45) is 0 Å². The molecule has 3 rings (SSSR count). The van der Waals surface area contributed by atoms with Gasteiger partial charge in [0.2, 0.25) is 0 Å². The zero-order valence-corrected chi connectivity index (χ0v) is 16.2. The molecule has 0 N–H and O–H groups in total. The van der Waals surface area contributed by atoms with Crippen molar-refractivity contribution in [1.29, 1.82) is 0 Å². The summed E-state index contributed by atoms with van der Waals surface area (Å²) in [6.07, 6.45) is 2.89. The second kappa shape index (κ2) is 9.73. The molecule has 29 heavy (non-hydrogen) atoms. The lowest BCUT2D eigenvalue weighted by Gasteiger charge is -2.36. The van der Waals surface area contributed by atoms with Gasteiger partial charge in [-0.25, -0.2) is 9.18 Å². The van der Waals surface area contributed by atoms with E-state index in [0.29, 0.717) is 31.9 Å². The molecule has 0 unspecified atom stereocenters. The number of ether oxygens (including phenoxy) is 2. The van der Waals surface area contributed by atoms with Crippen LogP contribution in [0.25, 0.3) is 6.08 Å². The summed E-state index contributed by atoms with van der Waals surface area (Å²) < 4.78 is 24.0. The maximum atomic E-state index is 13.9. The minimum atomic E-state index is -0.584. The Bertz CT molecular complexity index is 875. The Morgan fingerprint density at radius 3 is 2.38 bits per heavy atom. The number of esters is 1. The first-order valence-electron chi connectivity index (χ1n) is 9.33. The van der Waals surface area contributed by atoms with Crippen molar-refractivity contribution in [3.8, 4) is 5.75 Å². The van der Waals surface area contributed by atoms with Crippen molar-refractivity contribution in [2.75, 3.05) is 44.8 Å². The molecule has 6 nitrogen and oxygen atoms in total. The number of hydrogen-bond acceptors (Lipinski definition) is 5. The van der Waals surface area contributed by atoms with Gasteiger partial charge >= 0.3 is 5.97 Å². The molecule has 7 heteroatoms. The Hall–Kier alpha value is -3.35. The highest BCUT2D eigenvalue weighted by Gasteiger charge is 2.23. The minimum Gasteiger partial charge on any atom is -0.497 e. The Labute approximate surface area is 169 Å². The lowest BCUT2D eigenvalue weighted by atomic mass is 10.2. The molecule has 1 aliphatic rings. The van der Waals surface area contributed by atoms with Gasteiger partial charge in [-0.05, 0) is 35.9 Å². The molecule has 0 aliphatic carbocycles. The number of carbonyl (C=O) groups is 2. The first kappa shape index (κ1) is 20.4. The molecule has 0 bridgehead atoms. The summed E-state index contributed by atoms with van der Waals surface area (Å²) in [6, 6.07) is 13.8. The quantitative estimate of drug-likeness (QED) is 0.553. The third-order valence-electron chi connectivity index (χ3n) is 4.69. The topological polar surface area (TPSA) is 59.1 Å². The van der Waals surface area contributed by atoms with E-state index < -0.39 is 5.97 Å². The number of methoxy groups -OCH3 is 1. The number of halogens is 1. The highest BCUT2D eigenvalue weighted by atomic mass is 19.1. The van der Waals surface area contributed by atoms with Crippen LogP contribution in [0.15, 0.2) is 54.6 Å². The van der Waals surface area contributed by atoms with Gasteiger partial charge in [-0.3, -0.25) is 4.79 Å². The molecule has 0 saturated carbocycles. The van der Waals surface area contributed by atoms with Crippen molar-refractivity contribution in [3.63, 3.8) is 0 Å². The second-order valence-corrected chi connectivity index (χ2v) is 6.53. The van der Waals surface area contributed by atoms with E-state index in [2.05, 4.69) is 0 Å². The van der Waals surface area contributed by atoms with Crippen LogP contribution in [-0.2, 0) is 14.3 Å². The number of rotatable bonds is 6. The molecule has 0 radical (unpaired) electrons. The Balaban J connectivity index is 1.43. The van der Waals surface area contributed by atoms with E-state index in [1.54, 1.807) is 48.4 Å². The zero-order valence-electron chi connectivity index (χ0n) is 16.2. The minimum absolute atomic E-state index is 0.260. The van der Waals surface area contributed by atoms with Gasteiger partial charge in [0, 0.05) is 32.3 Å². The summed E-state index contributed by atoms with van der Waals surface area (Å²) in [7, 11) is 1.58. The predicted molar refractivity (Wildman–Crippen MR) is 108 cm³/mol. The van der Waals surface area contributed by atoms with Crippen LogP contribution in [0.2, 0.25) is 0 Å². The lowest BCUT2D eigenvalue weighted by molar-refractivity contribution is -0.148. The fraction of sp³-hybridized carbons (Fsp3) is 0.273. The Kier molecular flexibility index (Phi) is 6.84. The number of nitrogens with zero attached hydrogens (tertiary/aromatic N) is 2. The van der Waals surface area contributed by atoms with Gasteiger partial charge in [0.15, 0.2) is 6.61 Å². The highest BCUT2D eigenvalue weighted by molar-refractivity contribution is 5.89. The molecule has 1 saturated heterocycles. The molecule has 0 aromatic heterocycles. The van der Waals surface area contributed by atoms with Crippen LogP contribution >= 0.6 is 0 Å². The molecule has 1 aliphatic heterocycles. The van der Waals surface area contributed by atoms with Crippen LogP contribution in [0, 0.1) is 5.82 Å². The fourth-order valence-electron chi connectivity index (χ4n) is 3.06. The smallest absolute Gasteiger partial charge is 0.331 e. The number of hydrogen-bond donors (Lipinski definition) is 0. The molecular weight excluding hydrogens is 375 g/mol. The van der Waals surface area contributed by atoms with Gasteiger partial charge in [0.25, 0.3) is 5.91 Å². The van der Waals surface area contributed by atoms with Crippen LogP contribution in [0.5, 0.6) is 5.75 Å². The molecule has 2 aromatic carbocycles. The van der Waals surface area contributed by atoms with Crippen LogP contribution in [-0.4, -0.2) is 56.7 Å². The number of piperazine rings is 1. The number of benzene rings is 2. The van der Waals surface area contributed by atoms with Crippen molar-refractivity contribution in [2.45, 2.75) is 0 Å². The van der Waals surface area contributed by atoms with E-state index in [-0.39, 0.29) is 18.3 Å². The van der Waals surface area contributed by atoms with Crippen LogP contribution in [0.3, 0.4) is 0 Å². The maximum absolute atomic E-state index is 13.9. The van der Waals surface area contributed by atoms with Crippen LogP contribution in [0.4, 0.5) is 10.1 Å². The van der Waals surface area contributed by atoms with E-state index in [4.69, 9.17) is 9.47 Å². The molecule has 1 amide bonds. The van der Waals surface area contributed by atoms with Gasteiger partial charge in [0.05, 0.1) is 12.8 Å². The molecule has 2 aromatic rings. The number of anilines is 1. The van der Waals surface area contributed by atoms with Gasteiger partial charge in [-0.15, -0.1) is 0 Å². The molecule has 0 atom stereocenters. The number of para-hydroxylation sites is 1. The molecular formula is C22H23FN2O4. The average molecular weight is 398 g/mol. The van der Waals surface area contributed by atoms with Crippen molar-refractivity contribution in [3.05, 3.63) is 66.0 Å². The molecule has 1 heterocycles. The number of amides is 1. The SMILES string of the molecule is COc1ccc(/C=C/C(=O)OCC(=O)N2CCN(c3ccccc3F)CC2)cc1. The summed E-state index contributed by atoms with van der Waals surface area (Å²) in [6.45, 7) is 1.64. The van der Waals surface area contributed by atoms with Crippen LogP contribution < -0.4 is 9.64 Å². The molecule has 1 fully saturated rings. The largest absolute Gasteiger partial charge is 0.497 e. The average Bonchev–Trinajstić information content (AvgIpc) is 2.77. The Morgan fingerprint density at radius 1 is 1.03 bits per heavy atom. The van der Waals surface area contributed by atoms with Crippen molar-refractivity contribution < 1.29 is 23.5 Å². The third kappa shape index (κ3) is 5.57. The van der Waals surface area contributed by atoms with E-state index in [9.17, 15) is 14.0 Å². The number of carbonyl (C=O) groups excluding carboxylic acids is 2. The van der Waals surface area contributed by atoms with Gasteiger partial charge in [0.1, 0.15) is 11.6 Å². The molecule has 152 valence electrons. The van der Waals surface area contributed by atoms with Crippen molar-refractivity contribution >= 4 is 23.6 Å². The summed E-state index contributed by atoms with van der Waals surface area (Å²) in [4.78, 5) is 27.7. The third-order valence-corrected chi connectivity index (χ3v) is 4.69. The van der Waals surface area contributed by atoms with Gasteiger partial charge in [-0.1, -0.05) is 24.3 Å². The van der Waals surface area contributed by atoms with E-state index >= 15 is 0 Å². The summed E-state index contributed by atoms with van der Waals surface area (Å²) in [5.41, 5.74) is 1.35. The first-order valence-corrected chi connectivity index (χ1v) is 9.33. The Morgan fingerprint density at radius 2 is 1.72 bits per heavy atom. The van der Waals surface area contributed by atoms with E-state index in [0.717, 1.165) is 11.3 Å². The summed E-state index contributed by atoms with van der Waals surface area (Å²) >= 11 is 0. The van der Waals surface area contributed by atoms with E-state index in [1.165, 1.54) is 12.1 Å². The highest BCUT2D eigenvalue weighted by Crippen LogP contribution is 2.20. The summed E-state index contributed by atoms with van der Waals surface area (Å²) in [5, 5.41) is 0. The van der Waals surface area contributed by atoms with Gasteiger partial charge < -0.3 is 19.3 Å². The fourth-order valence-corrected chi connectivity index (χ4v) is 3.06. The molecule has 0 spiro atoms. The maximum Gasteiger partial charge on any atom is 0.331 e. The van der Waals surface area contributed by atoms with Crippen LogP contribution in [0.1, 0.15) is 5.56 Å². The zero-order chi connectivity index (χ0) is 20.6. The summed E-state index contributed by atoms with van der Waals surface area (Å²) in [5.74, 6) is -0.390. The van der Waals surface area contributed by atoms with Gasteiger partial charge in [-0.2, -0.15) is 0 Å². The van der Waals surface area contributed by atoms with E-state index in [1.807, 2.05) is 17.0 Å². The lowest BCUT2D eigenvalue weighted by Crippen LogP contribution is -2.50. The predicted octanol–water partition coefficient (Wildman–Crippen LogP) is 2.74.